The van der Waals surface area contributed by atoms with E-state index in [1.807, 2.05) is 0 Å². The molecule has 0 unspecified atom stereocenters. The first kappa shape index (κ1) is 11.1. The smallest absolute Gasteiger partial charge is 0.321 e. The van der Waals surface area contributed by atoms with Gasteiger partial charge in [0, 0.05) is 0 Å². The lowest BCUT2D eigenvalue weighted by molar-refractivity contribution is 0.383. The highest BCUT2D eigenvalue weighted by atomic mass is 31.2. The van der Waals surface area contributed by atoms with Gasteiger partial charge in [-0.25, -0.2) is 0 Å². The van der Waals surface area contributed by atoms with Crippen LogP contribution < -0.4 is 0 Å². The van der Waals surface area contributed by atoms with Gasteiger partial charge in [0.15, 0.2) is 0 Å². The Balaban J connectivity index is 4.76. The highest BCUT2D eigenvalue weighted by Gasteiger charge is 2.21. The first-order valence-corrected chi connectivity index (χ1v) is 4.68. The summed E-state index contributed by atoms with van der Waals surface area (Å²) in [6.45, 7) is 13.5. The lowest BCUT2D eigenvalue weighted by Gasteiger charge is -2.09. The molecule has 0 atom stereocenters. The van der Waals surface area contributed by atoms with E-state index in [0.29, 0.717) is 5.57 Å². The monoisotopic (exact) mass is 186 g/mol. The maximum Gasteiger partial charge on any atom is 0.356 e. The summed E-state index contributed by atoms with van der Waals surface area (Å²) in [7, 11) is -4.28. The molecule has 4 heteroatoms. The quantitative estimate of drug-likeness (QED) is 0.521. The molecule has 0 aromatic rings. The Morgan fingerprint density at radius 1 is 1.25 bits per heavy atom. The van der Waals surface area contributed by atoms with Gasteiger partial charge in [-0.15, -0.1) is 0 Å². The van der Waals surface area contributed by atoms with Crippen LogP contribution in [-0.4, -0.2) is 9.79 Å². The minimum atomic E-state index is -4.28. The number of hydrogen-bond donors (Lipinski definition) is 2. The average molecular weight is 186 g/mol. The minimum Gasteiger partial charge on any atom is -0.321 e. The third-order valence-electron chi connectivity index (χ3n) is 1.33. The molecular formula is C8H11O3P. The molecule has 2 N–H and O–H groups in total. The molecule has 0 fully saturated rings. The zero-order valence-electron chi connectivity index (χ0n) is 6.66. The van der Waals surface area contributed by atoms with Crippen molar-refractivity contribution in [1.29, 1.82) is 0 Å². The Kier molecular flexibility index (Phi) is 3.40. The van der Waals surface area contributed by atoms with Crippen molar-refractivity contribution in [1.82, 2.24) is 0 Å². The van der Waals surface area contributed by atoms with Crippen molar-refractivity contribution in [3.05, 3.63) is 48.9 Å². The van der Waals surface area contributed by atoms with Crippen LogP contribution in [0.2, 0.25) is 0 Å². The van der Waals surface area contributed by atoms with Gasteiger partial charge in [-0.2, -0.15) is 0 Å². The number of hydrogen-bond acceptors (Lipinski definition) is 1. The molecule has 0 heterocycles. The Bertz CT molecular complexity index is 295. The Labute approximate surface area is 71.6 Å². The summed E-state index contributed by atoms with van der Waals surface area (Å²) in [5, 5.41) is -0.313. The van der Waals surface area contributed by atoms with Crippen LogP contribution in [0.3, 0.4) is 0 Å². The summed E-state index contributed by atoms with van der Waals surface area (Å²) in [4.78, 5) is 17.4. The van der Waals surface area contributed by atoms with Crippen LogP contribution in [0.4, 0.5) is 0 Å². The van der Waals surface area contributed by atoms with Crippen LogP contribution in [0.15, 0.2) is 48.9 Å². The van der Waals surface area contributed by atoms with Crippen molar-refractivity contribution in [2.75, 3.05) is 0 Å². The summed E-state index contributed by atoms with van der Waals surface area (Å²) in [6.07, 6.45) is 1.36. The molecule has 0 radical (unpaired) electrons. The molecule has 12 heavy (non-hydrogen) atoms. The molecular weight excluding hydrogens is 175 g/mol. The third-order valence-corrected chi connectivity index (χ3v) is 2.31. The van der Waals surface area contributed by atoms with E-state index in [4.69, 9.17) is 9.79 Å². The van der Waals surface area contributed by atoms with Gasteiger partial charge in [0.05, 0.1) is 5.31 Å². The summed E-state index contributed by atoms with van der Waals surface area (Å²) >= 11 is 0. The van der Waals surface area contributed by atoms with Gasteiger partial charge in [-0.1, -0.05) is 32.4 Å². The van der Waals surface area contributed by atoms with Gasteiger partial charge in [0.1, 0.15) is 0 Å². The Morgan fingerprint density at radius 3 is 1.92 bits per heavy atom. The fourth-order valence-corrected chi connectivity index (χ4v) is 0.980. The van der Waals surface area contributed by atoms with Crippen molar-refractivity contribution in [3.63, 3.8) is 0 Å². The van der Waals surface area contributed by atoms with Crippen molar-refractivity contribution < 1.29 is 14.4 Å². The topological polar surface area (TPSA) is 57.5 Å². The van der Waals surface area contributed by atoms with Crippen molar-refractivity contribution in [3.8, 4) is 0 Å². The first-order valence-electron chi connectivity index (χ1n) is 3.06. The van der Waals surface area contributed by atoms with Crippen molar-refractivity contribution >= 4 is 7.60 Å². The van der Waals surface area contributed by atoms with Crippen molar-refractivity contribution in [2.24, 2.45) is 0 Å². The predicted octanol–water partition coefficient (Wildman–Crippen LogP) is 1.98. The molecule has 0 aromatic carbocycles. The fourth-order valence-electron chi connectivity index (χ4n) is 0.484. The molecule has 66 valence electrons. The number of rotatable bonds is 4. The fraction of sp³-hybridized carbons (Fsp3) is 0. The van der Waals surface area contributed by atoms with Crippen LogP contribution in [-0.2, 0) is 4.57 Å². The summed E-state index contributed by atoms with van der Waals surface area (Å²) in [6, 6.07) is 0. The SMILES string of the molecule is C=CC(=C)C(=C)C(=C)P(=O)(O)O. The van der Waals surface area contributed by atoms with E-state index in [1.165, 1.54) is 6.08 Å². The molecule has 0 spiro atoms. The van der Waals surface area contributed by atoms with Gasteiger partial charge >= 0.3 is 7.60 Å². The molecule has 0 aliphatic carbocycles. The van der Waals surface area contributed by atoms with E-state index in [2.05, 4.69) is 26.3 Å². The molecule has 0 amide bonds. The largest absolute Gasteiger partial charge is 0.356 e. The molecule has 0 rings (SSSR count). The highest BCUT2D eigenvalue weighted by Crippen LogP contribution is 2.48. The van der Waals surface area contributed by atoms with Crippen LogP contribution in [0.5, 0.6) is 0 Å². The molecule has 0 aliphatic rings. The van der Waals surface area contributed by atoms with E-state index in [-0.39, 0.29) is 10.9 Å². The van der Waals surface area contributed by atoms with Crippen LogP contribution in [0, 0.1) is 0 Å². The van der Waals surface area contributed by atoms with Crippen LogP contribution in [0.25, 0.3) is 0 Å². The Morgan fingerprint density at radius 2 is 1.67 bits per heavy atom. The van der Waals surface area contributed by atoms with E-state index < -0.39 is 7.60 Å². The second kappa shape index (κ2) is 3.68. The van der Waals surface area contributed by atoms with Gasteiger partial charge in [-0.3, -0.25) is 4.57 Å². The van der Waals surface area contributed by atoms with Crippen LogP contribution in [0.1, 0.15) is 0 Å². The molecule has 0 saturated carbocycles. The first-order chi connectivity index (χ1) is 5.30. The van der Waals surface area contributed by atoms with Gasteiger partial charge in [0.25, 0.3) is 0 Å². The summed E-state index contributed by atoms with van der Waals surface area (Å²) in [5.74, 6) is 0. The molecule has 0 bridgehead atoms. The molecule has 3 nitrogen and oxygen atoms in total. The van der Waals surface area contributed by atoms with Gasteiger partial charge in [0.2, 0.25) is 0 Å². The second-order valence-electron chi connectivity index (χ2n) is 2.20. The molecule has 0 saturated heterocycles. The zero-order valence-corrected chi connectivity index (χ0v) is 7.55. The van der Waals surface area contributed by atoms with Crippen molar-refractivity contribution in [2.45, 2.75) is 0 Å². The van der Waals surface area contributed by atoms with E-state index in [9.17, 15) is 4.57 Å². The maximum absolute atomic E-state index is 10.7. The van der Waals surface area contributed by atoms with E-state index in [0.717, 1.165) is 0 Å². The highest BCUT2D eigenvalue weighted by molar-refractivity contribution is 7.56. The van der Waals surface area contributed by atoms with Gasteiger partial charge < -0.3 is 9.79 Å². The lowest BCUT2D eigenvalue weighted by atomic mass is 10.1. The third kappa shape index (κ3) is 2.62. The number of allylic oxidation sites excluding steroid dienone is 4. The van der Waals surface area contributed by atoms with E-state index in [1.54, 1.807) is 0 Å². The molecule has 0 aliphatic heterocycles. The Hall–Kier alpha value is -0.890. The summed E-state index contributed by atoms with van der Waals surface area (Å²) < 4.78 is 10.7. The molecule has 0 aromatic heterocycles. The second-order valence-corrected chi connectivity index (χ2v) is 3.83. The van der Waals surface area contributed by atoms with E-state index >= 15 is 0 Å². The predicted molar refractivity (Wildman–Crippen MR) is 49.7 cm³/mol. The average Bonchev–Trinajstić information content (AvgIpc) is 1.98. The maximum atomic E-state index is 10.7. The minimum absolute atomic E-state index is 0.137. The standard InChI is InChI=1S/C8H11O3P/c1-5-6(2)7(3)8(4)12(9,10)11/h5H,1-4H2,(H2,9,10,11). The lowest BCUT2D eigenvalue weighted by Crippen LogP contribution is -1.89. The zero-order chi connectivity index (χ0) is 9.94. The van der Waals surface area contributed by atoms with Gasteiger partial charge in [-0.05, 0) is 11.1 Å². The normalized spacial score (nSPS) is 10.5. The van der Waals surface area contributed by atoms with Crippen LogP contribution >= 0.6 is 7.60 Å². The summed E-state index contributed by atoms with van der Waals surface area (Å²) in [5.41, 5.74) is 0.502.